The highest BCUT2D eigenvalue weighted by Crippen LogP contribution is 2.28. The van der Waals surface area contributed by atoms with Crippen LogP contribution in [0.1, 0.15) is 10.4 Å². The molecule has 0 atom stereocenters. The molecule has 1 aromatic heterocycles. The lowest BCUT2D eigenvalue weighted by Crippen LogP contribution is -2.03. The fourth-order valence-electron chi connectivity index (χ4n) is 1.31. The summed E-state index contributed by atoms with van der Waals surface area (Å²) in [6, 6.07) is 8.66. The van der Waals surface area contributed by atoms with Crippen LogP contribution < -0.4 is 5.73 Å². The Morgan fingerprint density at radius 2 is 2.00 bits per heavy atom. The van der Waals surface area contributed by atoms with Gasteiger partial charge in [0, 0.05) is 9.92 Å². The van der Waals surface area contributed by atoms with Gasteiger partial charge in [-0.1, -0.05) is 23.4 Å². The topological polar surface area (TPSA) is 76.2 Å². The summed E-state index contributed by atoms with van der Waals surface area (Å²) >= 11 is 7.13. The lowest BCUT2D eigenvalue weighted by atomic mass is 10.2. The third kappa shape index (κ3) is 2.94. The molecule has 2 aromatic rings. The largest absolute Gasteiger partial charge is 0.478 e. The van der Waals surface area contributed by atoms with Crippen molar-refractivity contribution in [2.45, 2.75) is 9.92 Å². The highest BCUT2D eigenvalue weighted by atomic mass is 35.5. The number of hydrogen-bond donors (Lipinski definition) is 2. The van der Waals surface area contributed by atoms with Crippen molar-refractivity contribution >= 4 is 35.0 Å². The summed E-state index contributed by atoms with van der Waals surface area (Å²) in [6.45, 7) is 0. The van der Waals surface area contributed by atoms with Crippen molar-refractivity contribution in [3.05, 3.63) is 47.1 Å². The molecular formula is C12H9ClN2O2S. The summed E-state index contributed by atoms with van der Waals surface area (Å²) in [5.74, 6) is -1.06. The fourth-order valence-corrected chi connectivity index (χ4v) is 2.23. The molecule has 0 aliphatic carbocycles. The van der Waals surface area contributed by atoms with Crippen LogP contribution in [0.2, 0.25) is 5.02 Å². The number of hydrogen-bond acceptors (Lipinski definition) is 4. The molecule has 0 spiro atoms. The lowest BCUT2D eigenvalue weighted by molar-refractivity contribution is 0.0697. The van der Waals surface area contributed by atoms with E-state index in [-0.39, 0.29) is 11.3 Å². The molecule has 0 saturated heterocycles. The number of nitrogens with two attached hydrogens (primary N) is 1. The molecule has 0 radical (unpaired) electrons. The SMILES string of the molecule is Nc1cnc(Sc2ccc(Cl)cc2)cc1C(=O)O. The van der Waals surface area contributed by atoms with Crippen LogP contribution in [0, 0.1) is 0 Å². The summed E-state index contributed by atoms with van der Waals surface area (Å²) < 4.78 is 0. The van der Waals surface area contributed by atoms with Gasteiger partial charge in [-0.05, 0) is 30.3 Å². The number of rotatable bonds is 3. The van der Waals surface area contributed by atoms with E-state index in [2.05, 4.69) is 4.98 Å². The van der Waals surface area contributed by atoms with Crippen LogP contribution in [0.25, 0.3) is 0 Å². The highest BCUT2D eigenvalue weighted by molar-refractivity contribution is 7.99. The van der Waals surface area contributed by atoms with Crippen LogP contribution in [0.4, 0.5) is 5.69 Å². The zero-order chi connectivity index (χ0) is 13.1. The van der Waals surface area contributed by atoms with E-state index in [4.69, 9.17) is 22.4 Å². The summed E-state index contributed by atoms with van der Waals surface area (Å²) in [6.07, 6.45) is 1.35. The molecule has 0 amide bonds. The fraction of sp³-hybridized carbons (Fsp3) is 0. The Hall–Kier alpha value is -1.72. The van der Waals surface area contributed by atoms with Gasteiger partial charge in [0.25, 0.3) is 0 Å². The minimum absolute atomic E-state index is 0.0569. The molecule has 1 aromatic carbocycles. The van der Waals surface area contributed by atoms with Crippen molar-refractivity contribution in [1.29, 1.82) is 0 Å². The van der Waals surface area contributed by atoms with Crippen molar-refractivity contribution < 1.29 is 9.90 Å². The van der Waals surface area contributed by atoms with Crippen molar-refractivity contribution in [3.63, 3.8) is 0 Å². The second-order valence-corrected chi connectivity index (χ2v) is 5.00. The third-order valence-electron chi connectivity index (χ3n) is 2.18. The van der Waals surface area contributed by atoms with Crippen molar-refractivity contribution in [1.82, 2.24) is 4.98 Å². The zero-order valence-corrected chi connectivity index (χ0v) is 10.7. The maximum Gasteiger partial charge on any atom is 0.337 e. The van der Waals surface area contributed by atoms with Gasteiger partial charge in [0.05, 0.1) is 17.4 Å². The van der Waals surface area contributed by atoms with Crippen LogP contribution in [0.3, 0.4) is 0 Å². The number of aromatic nitrogens is 1. The Labute approximate surface area is 113 Å². The molecule has 6 heteroatoms. The average molecular weight is 281 g/mol. The summed E-state index contributed by atoms with van der Waals surface area (Å²) in [5.41, 5.74) is 5.75. The first-order valence-corrected chi connectivity index (χ1v) is 6.18. The number of pyridine rings is 1. The van der Waals surface area contributed by atoms with E-state index >= 15 is 0 Å². The molecule has 4 nitrogen and oxygen atoms in total. The Morgan fingerprint density at radius 1 is 1.33 bits per heavy atom. The van der Waals surface area contributed by atoms with Crippen molar-refractivity contribution in [2.75, 3.05) is 5.73 Å². The molecule has 92 valence electrons. The molecule has 0 bridgehead atoms. The number of carboxylic acids is 1. The van der Waals surface area contributed by atoms with Crippen LogP contribution in [0.5, 0.6) is 0 Å². The van der Waals surface area contributed by atoms with E-state index in [9.17, 15) is 4.79 Å². The Bertz CT molecular complexity index is 587. The number of carboxylic acid groups (broad SMARTS) is 1. The van der Waals surface area contributed by atoms with Gasteiger partial charge in [-0.3, -0.25) is 0 Å². The minimum Gasteiger partial charge on any atom is -0.478 e. The summed E-state index contributed by atoms with van der Waals surface area (Å²) in [5, 5.41) is 10.2. The molecule has 1 heterocycles. The second kappa shape index (κ2) is 5.29. The van der Waals surface area contributed by atoms with Gasteiger partial charge in [-0.2, -0.15) is 0 Å². The number of benzene rings is 1. The molecule has 2 rings (SSSR count). The van der Waals surface area contributed by atoms with Gasteiger partial charge in [-0.25, -0.2) is 9.78 Å². The monoisotopic (exact) mass is 280 g/mol. The van der Waals surface area contributed by atoms with Gasteiger partial charge in [-0.15, -0.1) is 0 Å². The van der Waals surface area contributed by atoms with E-state index < -0.39 is 5.97 Å². The predicted octanol–water partition coefficient (Wildman–Crippen LogP) is 3.17. The molecule has 3 N–H and O–H groups in total. The van der Waals surface area contributed by atoms with Gasteiger partial charge < -0.3 is 10.8 Å². The van der Waals surface area contributed by atoms with E-state index in [1.165, 1.54) is 24.0 Å². The molecule has 0 aliphatic rings. The first kappa shape index (κ1) is 12.7. The number of carbonyl (C=O) groups is 1. The van der Waals surface area contributed by atoms with E-state index in [1.54, 1.807) is 12.1 Å². The molecule has 0 unspecified atom stereocenters. The molecule has 0 fully saturated rings. The average Bonchev–Trinajstić information content (AvgIpc) is 2.34. The van der Waals surface area contributed by atoms with E-state index in [0.29, 0.717) is 10.0 Å². The van der Waals surface area contributed by atoms with Gasteiger partial charge >= 0.3 is 5.97 Å². The number of halogens is 1. The van der Waals surface area contributed by atoms with E-state index in [1.807, 2.05) is 12.1 Å². The normalized spacial score (nSPS) is 10.3. The maximum atomic E-state index is 10.9. The van der Waals surface area contributed by atoms with Crippen LogP contribution in [0.15, 0.2) is 46.5 Å². The number of anilines is 1. The van der Waals surface area contributed by atoms with Gasteiger partial charge in [0.1, 0.15) is 5.03 Å². The summed E-state index contributed by atoms with van der Waals surface area (Å²) in [7, 11) is 0. The lowest BCUT2D eigenvalue weighted by Gasteiger charge is -2.04. The van der Waals surface area contributed by atoms with Gasteiger partial charge in [0.2, 0.25) is 0 Å². The Balaban J connectivity index is 2.27. The maximum absolute atomic E-state index is 10.9. The molecule has 0 aliphatic heterocycles. The predicted molar refractivity (Wildman–Crippen MR) is 71.2 cm³/mol. The van der Waals surface area contributed by atoms with Crippen LogP contribution >= 0.6 is 23.4 Å². The Kier molecular flexibility index (Phi) is 3.74. The summed E-state index contributed by atoms with van der Waals surface area (Å²) in [4.78, 5) is 15.9. The zero-order valence-electron chi connectivity index (χ0n) is 9.13. The first-order valence-electron chi connectivity index (χ1n) is 4.98. The quantitative estimate of drug-likeness (QED) is 0.903. The minimum atomic E-state index is -1.06. The third-order valence-corrected chi connectivity index (χ3v) is 3.37. The smallest absolute Gasteiger partial charge is 0.337 e. The van der Waals surface area contributed by atoms with Crippen molar-refractivity contribution in [2.24, 2.45) is 0 Å². The van der Waals surface area contributed by atoms with Crippen LogP contribution in [-0.4, -0.2) is 16.1 Å². The van der Waals surface area contributed by atoms with Crippen molar-refractivity contribution in [3.8, 4) is 0 Å². The van der Waals surface area contributed by atoms with E-state index in [0.717, 1.165) is 4.90 Å². The second-order valence-electron chi connectivity index (χ2n) is 3.47. The van der Waals surface area contributed by atoms with Crippen LogP contribution in [-0.2, 0) is 0 Å². The molecular weight excluding hydrogens is 272 g/mol. The Morgan fingerprint density at radius 3 is 2.61 bits per heavy atom. The number of nitrogen functional groups attached to an aromatic ring is 1. The molecule has 0 saturated carbocycles. The highest BCUT2D eigenvalue weighted by Gasteiger charge is 2.10. The number of aromatic carboxylic acids is 1. The standard InChI is InChI=1S/C12H9ClN2O2S/c13-7-1-3-8(4-2-7)18-11-5-9(12(16)17)10(14)6-15-11/h1-6H,14H2,(H,16,17). The van der Waals surface area contributed by atoms with Gasteiger partial charge in [0.15, 0.2) is 0 Å². The first-order chi connectivity index (χ1) is 8.56. The number of nitrogens with zero attached hydrogens (tertiary/aromatic N) is 1. The molecule has 18 heavy (non-hydrogen) atoms.